The van der Waals surface area contributed by atoms with E-state index in [4.69, 9.17) is 0 Å². The van der Waals surface area contributed by atoms with E-state index in [2.05, 4.69) is 27.7 Å². The van der Waals surface area contributed by atoms with Gasteiger partial charge < -0.3 is 10.6 Å². The zero-order valence-electron chi connectivity index (χ0n) is 13.0. The molecule has 0 saturated carbocycles. The summed E-state index contributed by atoms with van der Waals surface area (Å²) in [5, 5.41) is 6.65. The summed E-state index contributed by atoms with van der Waals surface area (Å²) in [6.45, 7) is 4.17. The Morgan fingerprint density at radius 3 is 2.81 bits per heavy atom. The molecule has 0 aromatic carbocycles. The van der Waals surface area contributed by atoms with Crippen molar-refractivity contribution in [3.05, 3.63) is 12.2 Å². The summed E-state index contributed by atoms with van der Waals surface area (Å²) in [7, 11) is 0. The molecule has 3 aliphatic rings. The number of hydrogen-bond acceptors (Lipinski definition) is 3. The molecule has 0 spiro atoms. The highest BCUT2D eigenvalue weighted by Gasteiger charge is 2.35. The smallest absolute Gasteiger partial charge is 0.237 e. The molecule has 2 saturated heterocycles. The number of rotatable bonds is 4. The van der Waals surface area contributed by atoms with Crippen molar-refractivity contribution in [1.82, 2.24) is 15.5 Å². The molecule has 2 aliphatic heterocycles. The lowest BCUT2D eigenvalue weighted by molar-refractivity contribution is -0.126. The Morgan fingerprint density at radius 2 is 2.05 bits per heavy atom. The van der Waals surface area contributed by atoms with Gasteiger partial charge in [0.05, 0.1) is 6.04 Å². The van der Waals surface area contributed by atoms with Gasteiger partial charge in [0.25, 0.3) is 0 Å². The van der Waals surface area contributed by atoms with E-state index in [1.165, 1.54) is 32.1 Å². The van der Waals surface area contributed by atoms with E-state index < -0.39 is 0 Å². The van der Waals surface area contributed by atoms with Gasteiger partial charge in [0, 0.05) is 12.6 Å². The third-order valence-corrected chi connectivity index (χ3v) is 5.32. The SMILES string of the molecule is O=C(NCC1CC=CCC1)C1CCCN1C1CCNCC1. The third kappa shape index (κ3) is 3.86. The number of likely N-dealkylation sites (tertiary alicyclic amines) is 1. The fourth-order valence-electron chi connectivity index (χ4n) is 4.05. The highest BCUT2D eigenvalue weighted by molar-refractivity contribution is 5.82. The van der Waals surface area contributed by atoms with Gasteiger partial charge in [0.1, 0.15) is 0 Å². The molecule has 2 fully saturated rings. The van der Waals surface area contributed by atoms with Crippen LogP contribution in [0.15, 0.2) is 12.2 Å². The molecule has 118 valence electrons. The van der Waals surface area contributed by atoms with Crippen molar-refractivity contribution in [3.63, 3.8) is 0 Å². The Kier molecular flexibility index (Phi) is 5.31. The van der Waals surface area contributed by atoms with Crippen LogP contribution in [0.2, 0.25) is 0 Å². The number of nitrogens with zero attached hydrogens (tertiary/aromatic N) is 1. The van der Waals surface area contributed by atoms with E-state index in [0.29, 0.717) is 12.0 Å². The van der Waals surface area contributed by atoms with E-state index in [1.54, 1.807) is 0 Å². The molecule has 1 aliphatic carbocycles. The molecule has 21 heavy (non-hydrogen) atoms. The van der Waals surface area contributed by atoms with Crippen LogP contribution in [-0.2, 0) is 4.79 Å². The van der Waals surface area contributed by atoms with Crippen molar-refractivity contribution < 1.29 is 4.79 Å². The topological polar surface area (TPSA) is 44.4 Å². The molecule has 1 amide bonds. The van der Waals surface area contributed by atoms with Crippen LogP contribution in [0.25, 0.3) is 0 Å². The zero-order chi connectivity index (χ0) is 14.5. The number of carbonyl (C=O) groups excluding carboxylic acids is 1. The Morgan fingerprint density at radius 1 is 1.19 bits per heavy atom. The second kappa shape index (κ2) is 7.41. The number of hydrogen-bond donors (Lipinski definition) is 2. The first-order valence-corrected chi connectivity index (χ1v) is 8.74. The summed E-state index contributed by atoms with van der Waals surface area (Å²) in [6, 6.07) is 0.745. The van der Waals surface area contributed by atoms with Crippen molar-refractivity contribution in [1.29, 1.82) is 0 Å². The maximum Gasteiger partial charge on any atom is 0.237 e. The molecule has 4 heteroatoms. The van der Waals surface area contributed by atoms with Crippen LogP contribution >= 0.6 is 0 Å². The van der Waals surface area contributed by atoms with Gasteiger partial charge >= 0.3 is 0 Å². The number of amides is 1. The Hall–Kier alpha value is -0.870. The molecule has 0 bridgehead atoms. The van der Waals surface area contributed by atoms with Crippen molar-refractivity contribution in [3.8, 4) is 0 Å². The maximum absolute atomic E-state index is 12.6. The Labute approximate surface area is 128 Å². The van der Waals surface area contributed by atoms with Gasteiger partial charge in [0.15, 0.2) is 0 Å². The average Bonchev–Trinajstić information content (AvgIpc) is 3.04. The van der Waals surface area contributed by atoms with E-state index >= 15 is 0 Å². The number of allylic oxidation sites excluding steroid dienone is 2. The van der Waals surface area contributed by atoms with Gasteiger partial charge in [-0.05, 0) is 70.5 Å². The number of nitrogens with one attached hydrogen (secondary N) is 2. The van der Waals surface area contributed by atoms with Crippen LogP contribution in [0.1, 0.15) is 44.9 Å². The average molecular weight is 291 g/mol. The lowest BCUT2D eigenvalue weighted by atomic mass is 9.94. The van der Waals surface area contributed by atoms with Gasteiger partial charge in [-0.3, -0.25) is 9.69 Å². The largest absolute Gasteiger partial charge is 0.354 e. The number of carbonyl (C=O) groups is 1. The summed E-state index contributed by atoms with van der Waals surface area (Å²) >= 11 is 0. The molecule has 0 aromatic rings. The molecule has 2 atom stereocenters. The third-order valence-electron chi connectivity index (χ3n) is 5.32. The molecule has 0 aromatic heterocycles. The monoisotopic (exact) mass is 291 g/mol. The first kappa shape index (κ1) is 15.0. The van der Waals surface area contributed by atoms with Gasteiger partial charge in [-0.2, -0.15) is 0 Å². The molecule has 2 unspecified atom stereocenters. The maximum atomic E-state index is 12.6. The molecular formula is C17H29N3O. The van der Waals surface area contributed by atoms with Gasteiger partial charge in [-0.25, -0.2) is 0 Å². The fourth-order valence-corrected chi connectivity index (χ4v) is 4.05. The second-order valence-corrected chi connectivity index (χ2v) is 6.77. The van der Waals surface area contributed by atoms with Gasteiger partial charge in [-0.15, -0.1) is 0 Å². The van der Waals surface area contributed by atoms with Crippen LogP contribution in [-0.4, -0.2) is 49.1 Å². The molecule has 2 N–H and O–H groups in total. The van der Waals surface area contributed by atoms with Crippen molar-refractivity contribution in [2.45, 2.75) is 57.0 Å². The molecule has 0 radical (unpaired) electrons. The van der Waals surface area contributed by atoms with E-state index in [-0.39, 0.29) is 11.9 Å². The van der Waals surface area contributed by atoms with Crippen molar-refractivity contribution in [2.24, 2.45) is 5.92 Å². The van der Waals surface area contributed by atoms with Gasteiger partial charge in [0.2, 0.25) is 5.91 Å². The van der Waals surface area contributed by atoms with Crippen LogP contribution in [0.5, 0.6) is 0 Å². The first-order chi connectivity index (χ1) is 10.3. The quantitative estimate of drug-likeness (QED) is 0.775. The summed E-state index contributed by atoms with van der Waals surface area (Å²) in [6.07, 6.45) is 12.6. The molecule has 4 nitrogen and oxygen atoms in total. The number of piperidine rings is 1. The summed E-state index contributed by atoms with van der Waals surface area (Å²) < 4.78 is 0. The predicted octanol–water partition coefficient (Wildman–Crippen LogP) is 1.68. The molecule has 3 rings (SSSR count). The fraction of sp³-hybridized carbons (Fsp3) is 0.824. The highest BCUT2D eigenvalue weighted by atomic mass is 16.2. The highest BCUT2D eigenvalue weighted by Crippen LogP contribution is 2.25. The normalized spacial score (nSPS) is 31.4. The van der Waals surface area contributed by atoms with E-state index in [0.717, 1.165) is 39.0 Å². The predicted molar refractivity (Wildman–Crippen MR) is 85.1 cm³/mol. The Bertz CT molecular complexity index is 376. The minimum Gasteiger partial charge on any atom is -0.354 e. The minimum atomic E-state index is 0.132. The van der Waals surface area contributed by atoms with Crippen LogP contribution in [0.3, 0.4) is 0 Å². The molecule has 2 heterocycles. The van der Waals surface area contributed by atoms with Crippen molar-refractivity contribution >= 4 is 5.91 Å². The molecular weight excluding hydrogens is 262 g/mol. The lowest BCUT2D eigenvalue weighted by Gasteiger charge is -2.35. The second-order valence-electron chi connectivity index (χ2n) is 6.77. The lowest BCUT2D eigenvalue weighted by Crippen LogP contribution is -2.51. The van der Waals surface area contributed by atoms with E-state index in [1.807, 2.05) is 0 Å². The van der Waals surface area contributed by atoms with Crippen LogP contribution in [0.4, 0.5) is 0 Å². The summed E-state index contributed by atoms with van der Waals surface area (Å²) in [5.41, 5.74) is 0. The zero-order valence-corrected chi connectivity index (χ0v) is 13.0. The van der Waals surface area contributed by atoms with Crippen LogP contribution < -0.4 is 10.6 Å². The first-order valence-electron chi connectivity index (χ1n) is 8.74. The Balaban J connectivity index is 1.49. The standard InChI is InChI=1S/C17H29N3O/c21-17(19-13-14-5-2-1-3-6-14)16-7-4-12-20(16)15-8-10-18-11-9-15/h1-2,14-16,18H,3-13H2,(H,19,21). The van der Waals surface area contributed by atoms with Gasteiger partial charge in [-0.1, -0.05) is 12.2 Å². The van der Waals surface area contributed by atoms with Crippen molar-refractivity contribution in [2.75, 3.05) is 26.2 Å². The van der Waals surface area contributed by atoms with E-state index in [9.17, 15) is 4.79 Å². The van der Waals surface area contributed by atoms with Crippen LogP contribution in [0, 0.1) is 5.92 Å². The minimum absolute atomic E-state index is 0.132. The summed E-state index contributed by atoms with van der Waals surface area (Å²) in [4.78, 5) is 15.0. The summed E-state index contributed by atoms with van der Waals surface area (Å²) in [5.74, 6) is 0.924.